The minimum Gasteiger partial charge on any atom is -0.481 e. The van der Waals surface area contributed by atoms with Gasteiger partial charge < -0.3 is 10.8 Å². The fourth-order valence-electron chi connectivity index (χ4n) is 9.46. The molecule has 4 saturated carbocycles. The van der Waals surface area contributed by atoms with Crippen LogP contribution in [0.15, 0.2) is 36.4 Å². The van der Waals surface area contributed by atoms with Crippen molar-refractivity contribution in [1.82, 2.24) is 4.98 Å². The predicted molar refractivity (Wildman–Crippen MR) is 147 cm³/mol. The van der Waals surface area contributed by atoms with Gasteiger partial charge in [0.05, 0.1) is 5.52 Å². The van der Waals surface area contributed by atoms with E-state index in [2.05, 4.69) is 18.8 Å². The van der Waals surface area contributed by atoms with Crippen molar-refractivity contribution in [2.75, 3.05) is 5.73 Å². The van der Waals surface area contributed by atoms with E-state index in [1.165, 1.54) is 64.2 Å². The number of aliphatic carboxylic acids is 1. The van der Waals surface area contributed by atoms with Gasteiger partial charge in [-0.2, -0.15) is 0 Å². The zero-order valence-electron chi connectivity index (χ0n) is 22.4. The van der Waals surface area contributed by atoms with E-state index >= 15 is 0 Å². The molecule has 4 fully saturated rings. The maximum Gasteiger partial charge on any atom is 0.303 e. The van der Waals surface area contributed by atoms with Gasteiger partial charge in [0, 0.05) is 11.8 Å². The first-order valence-corrected chi connectivity index (χ1v) is 14.6. The number of nitrogens with two attached hydrogens (primary N) is 1. The Morgan fingerprint density at radius 3 is 2.58 bits per heavy atom. The summed E-state index contributed by atoms with van der Waals surface area (Å²) in [5.74, 6) is 4.65. The molecule has 4 aliphatic carbocycles. The zero-order valence-corrected chi connectivity index (χ0v) is 22.4. The molecule has 4 aliphatic rings. The normalized spacial score (nSPS) is 37.2. The largest absolute Gasteiger partial charge is 0.481 e. The topological polar surface area (TPSA) is 76.2 Å². The lowest BCUT2D eigenvalue weighted by Gasteiger charge is -2.60. The number of carboxylic acid groups (broad SMARTS) is 1. The smallest absolute Gasteiger partial charge is 0.303 e. The molecule has 196 valence electrons. The molecule has 0 bridgehead atoms. The van der Waals surface area contributed by atoms with Crippen LogP contribution in [0.5, 0.6) is 0 Å². The minimum atomic E-state index is -0.619. The number of benzene rings is 1. The van der Waals surface area contributed by atoms with Gasteiger partial charge in [0.25, 0.3) is 0 Å². The molecule has 6 rings (SSSR count). The van der Waals surface area contributed by atoms with Crippen LogP contribution in [-0.2, 0) is 4.79 Å². The van der Waals surface area contributed by atoms with Crippen molar-refractivity contribution in [3.05, 3.63) is 36.4 Å². The van der Waals surface area contributed by atoms with Crippen LogP contribution in [-0.4, -0.2) is 16.1 Å². The second-order valence-corrected chi connectivity index (χ2v) is 12.9. The second-order valence-electron chi connectivity index (χ2n) is 12.9. The molecule has 0 radical (unpaired) electrons. The lowest BCUT2D eigenvalue weighted by atomic mass is 9.45. The Morgan fingerprint density at radius 1 is 0.944 bits per heavy atom. The van der Waals surface area contributed by atoms with Crippen LogP contribution >= 0.6 is 0 Å². The monoisotopic (exact) mass is 490 g/mol. The SMILES string of the molecule is CC12CCCCC1CC[C@@H]1C2CCC2(C)C(CCCC(=O)O)CCC12.Nc1ccc2ccccc2n1. The maximum absolute atomic E-state index is 10.9. The van der Waals surface area contributed by atoms with E-state index in [1.807, 2.05) is 36.4 Å². The van der Waals surface area contributed by atoms with Gasteiger partial charge >= 0.3 is 5.97 Å². The molecule has 36 heavy (non-hydrogen) atoms. The number of hydrogen-bond acceptors (Lipinski definition) is 3. The molecule has 0 aliphatic heterocycles. The van der Waals surface area contributed by atoms with E-state index in [0.29, 0.717) is 23.1 Å². The summed E-state index contributed by atoms with van der Waals surface area (Å²) in [4.78, 5) is 15.0. The standard InChI is InChI=1S/C23H38O2.C9H8N2/c1-22-14-4-3-6-16(22)9-11-18-19-12-10-17(7-5-8-21(24)25)23(19,2)15-13-20(18)22;10-9-6-5-7-3-1-2-4-8(7)11-9/h16-20H,3-15H2,1-2H3,(H,24,25);1-6H,(H2,10,11)/t16?,17?,18-,19?,20?,22?,23?;/m0./s1. The van der Waals surface area contributed by atoms with Crippen LogP contribution in [0.1, 0.15) is 97.3 Å². The Kier molecular flexibility index (Phi) is 7.34. The van der Waals surface area contributed by atoms with Crippen molar-refractivity contribution in [3.63, 3.8) is 0 Å². The Balaban J connectivity index is 0.000000202. The highest BCUT2D eigenvalue weighted by atomic mass is 16.4. The van der Waals surface area contributed by atoms with Gasteiger partial charge in [-0.25, -0.2) is 4.98 Å². The van der Waals surface area contributed by atoms with Gasteiger partial charge in [-0.1, -0.05) is 44.9 Å². The van der Waals surface area contributed by atoms with Crippen molar-refractivity contribution in [2.24, 2.45) is 40.4 Å². The molecule has 7 atom stereocenters. The zero-order chi connectivity index (χ0) is 25.3. The molecular weight excluding hydrogens is 444 g/mol. The lowest BCUT2D eigenvalue weighted by molar-refractivity contribution is -0.137. The number of para-hydroxylation sites is 1. The van der Waals surface area contributed by atoms with Crippen LogP contribution in [0.3, 0.4) is 0 Å². The minimum absolute atomic E-state index is 0.364. The van der Waals surface area contributed by atoms with Crippen LogP contribution in [0, 0.1) is 40.4 Å². The first-order chi connectivity index (χ1) is 17.3. The fraction of sp³-hybridized carbons (Fsp3) is 0.688. The third kappa shape index (κ3) is 4.77. The average Bonchev–Trinajstić information content (AvgIpc) is 3.20. The number of carbonyl (C=O) groups is 1. The van der Waals surface area contributed by atoms with Gasteiger partial charge in [0.15, 0.2) is 0 Å². The lowest BCUT2D eigenvalue weighted by Crippen LogP contribution is -2.52. The van der Waals surface area contributed by atoms with Crippen LogP contribution < -0.4 is 5.73 Å². The number of fused-ring (bicyclic) bond motifs is 6. The Hall–Kier alpha value is -2.10. The van der Waals surface area contributed by atoms with E-state index < -0.39 is 5.97 Å². The summed E-state index contributed by atoms with van der Waals surface area (Å²) in [6.45, 7) is 5.25. The number of aromatic nitrogens is 1. The molecule has 1 aromatic carbocycles. The van der Waals surface area contributed by atoms with Crippen molar-refractivity contribution in [2.45, 2.75) is 97.3 Å². The molecular formula is C32H46N2O2. The number of rotatable bonds is 4. The van der Waals surface area contributed by atoms with Gasteiger partial charge in [-0.3, -0.25) is 4.79 Å². The third-order valence-electron chi connectivity index (χ3n) is 11.3. The molecule has 3 N–H and O–H groups in total. The first-order valence-electron chi connectivity index (χ1n) is 14.6. The van der Waals surface area contributed by atoms with Crippen molar-refractivity contribution in [3.8, 4) is 0 Å². The number of pyridine rings is 1. The van der Waals surface area contributed by atoms with E-state index in [0.717, 1.165) is 53.3 Å². The molecule has 6 unspecified atom stereocenters. The summed E-state index contributed by atoms with van der Waals surface area (Å²) in [7, 11) is 0. The van der Waals surface area contributed by atoms with E-state index in [9.17, 15) is 4.79 Å². The van der Waals surface area contributed by atoms with Gasteiger partial charge in [-0.15, -0.1) is 0 Å². The van der Waals surface area contributed by atoms with Crippen LogP contribution in [0.25, 0.3) is 10.9 Å². The summed E-state index contributed by atoms with van der Waals surface area (Å²) in [6, 6.07) is 11.7. The van der Waals surface area contributed by atoms with Crippen LogP contribution in [0.4, 0.5) is 5.82 Å². The predicted octanol–water partition coefficient (Wildman–Crippen LogP) is 8.11. The van der Waals surface area contributed by atoms with Gasteiger partial charge in [0.1, 0.15) is 5.82 Å². The highest BCUT2D eigenvalue weighted by Crippen LogP contribution is 2.67. The Labute approximate surface area is 217 Å². The molecule has 4 nitrogen and oxygen atoms in total. The quantitative estimate of drug-likeness (QED) is 0.454. The Bertz CT molecular complexity index is 1070. The summed E-state index contributed by atoms with van der Waals surface area (Å²) in [6.07, 6.45) is 17.0. The Morgan fingerprint density at radius 2 is 1.75 bits per heavy atom. The highest BCUT2D eigenvalue weighted by molar-refractivity contribution is 5.79. The summed E-state index contributed by atoms with van der Waals surface area (Å²) >= 11 is 0. The number of hydrogen-bond donors (Lipinski definition) is 2. The van der Waals surface area contributed by atoms with Crippen molar-refractivity contribution >= 4 is 22.7 Å². The van der Waals surface area contributed by atoms with Crippen molar-refractivity contribution in [1.29, 1.82) is 0 Å². The molecule has 1 aromatic heterocycles. The van der Waals surface area contributed by atoms with E-state index in [-0.39, 0.29) is 0 Å². The number of nitrogens with zero attached hydrogens (tertiary/aromatic N) is 1. The molecule has 1 heterocycles. The summed E-state index contributed by atoms with van der Waals surface area (Å²) in [5.41, 5.74) is 7.62. The molecule has 0 amide bonds. The summed E-state index contributed by atoms with van der Waals surface area (Å²) < 4.78 is 0. The van der Waals surface area contributed by atoms with E-state index in [1.54, 1.807) is 0 Å². The molecule has 4 heteroatoms. The number of anilines is 1. The number of carboxylic acids is 1. The molecule has 0 saturated heterocycles. The average molecular weight is 491 g/mol. The fourth-order valence-corrected chi connectivity index (χ4v) is 9.46. The summed E-state index contributed by atoms with van der Waals surface area (Å²) in [5, 5.41) is 10.1. The van der Waals surface area contributed by atoms with Gasteiger partial charge in [-0.05, 0) is 123 Å². The van der Waals surface area contributed by atoms with E-state index in [4.69, 9.17) is 10.8 Å². The second kappa shape index (κ2) is 10.3. The van der Waals surface area contributed by atoms with Gasteiger partial charge in [0.2, 0.25) is 0 Å². The first kappa shape index (κ1) is 25.5. The highest BCUT2D eigenvalue weighted by Gasteiger charge is 2.59. The number of nitrogen functional groups attached to an aromatic ring is 1. The van der Waals surface area contributed by atoms with Crippen LogP contribution in [0.2, 0.25) is 0 Å². The maximum atomic E-state index is 10.9. The third-order valence-corrected chi connectivity index (χ3v) is 11.3. The molecule has 2 aromatic rings. The van der Waals surface area contributed by atoms with Crippen molar-refractivity contribution < 1.29 is 9.90 Å². The molecule has 0 spiro atoms.